The second-order valence-electron chi connectivity index (χ2n) is 5.36. The van der Waals surface area contributed by atoms with Crippen LogP contribution in [0.25, 0.3) is 0 Å². The molecular weight excluding hydrogens is 174 g/mol. The van der Waals surface area contributed by atoms with Gasteiger partial charge in [-0.1, -0.05) is 0 Å². The van der Waals surface area contributed by atoms with Crippen molar-refractivity contribution in [1.29, 1.82) is 0 Å². The Morgan fingerprint density at radius 1 is 1.14 bits per heavy atom. The van der Waals surface area contributed by atoms with E-state index in [-0.39, 0.29) is 0 Å². The van der Waals surface area contributed by atoms with Crippen LogP contribution in [0.4, 0.5) is 0 Å². The third kappa shape index (κ3) is 1.82. The minimum absolute atomic E-state index is 0.552. The first-order valence-electron chi connectivity index (χ1n) is 6.22. The summed E-state index contributed by atoms with van der Waals surface area (Å²) in [5, 5.41) is 3.79. The van der Waals surface area contributed by atoms with Gasteiger partial charge in [0, 0.05) is 18.7 Å². The Morgan fingerprint density at radius 2 is 1.93 bits per heavy atom. The van der Waals surface area contributed by atoms with Crippen LogP contribution in [-0.2, 0) is 4.74 Å². The minimum Gasteiger partial charge on any atom is -0.376 e. The summed E-state index contributed by atoms with van der Waals surface area (Å²) in [6.07, 6.45) is 7.47. The first-order chi connectivity index (χ1) is 6.84. The lowest BCUT2D eigenvalue weighted by Gasteiger charge is -2.23. The van der Waals surface area contributed by atoms with E-state index in [1.807, 2.05) is 0 Å². The molecule has 0 aromatic carbocycles. The van der Waals surface area contributed by atoms with Crippen molar-refractivity contribution in [3.8, 4) is 0 Å². The Hall–Kier alpha value is -0.0800. The quantitative estimate of drug-likeness (QED) is 0.740. The third-order valence-corrected chi connectivity index (χ3v) is 4.03. The van der Waals surface area contributed by atoms with Crippen molar-refractivity contribution >= 4 is 0 Å². The van der Waals surface area contributed by atoms with Gasteiger partial charge in [0.05, 0.1) is 6.10 Å². The van der Waals surface area contributed by atoms with Crippen LogP contribution in [0.3, 0.4) is 0 Å². The smallest absolute Gasteiger partial charge is 0.0757 e. The minimum atomic E-state index is 0.552. The summed E-state index contributed by atoms with van der Waals surface area (Å²) >= 11 is 0. The Labute approximate surface area is 86.4 Å². The summed E-state index contributed by atoms with van der Waals surface area (Å²) in [6.45, 7) is 3.33. The first kappa shape index (κ1) is 9.17. The molecule has 3 aliphatic rings. The predicted octanol–water partition coefficient (Wildman–Crippen LogP) is 1.94. The molecule has 3 fully saturated rings. The van der Waals surface area contributed by atoms with Crippen LogP contribution in [0.1, 0.15) is 39.0 Å². The third-order valence-electron chi connectivity index (χ3n) is 4.03. The van der Waals surface area contributed by atoms with Gasteiger partial charge in [-0.2, -0.15) is 0 Å². The molecule has 0 spiro atoms. The molecule has 3 atom stereocenters. The van der Waals surface area contributed by atoms with Gasteiger partial charge in [-0.15, -0.1) is 0 Å². The maximum absolute atomic E-state index is 5.83. The molecule has 0 bridgehead atoms. The van der Waals surface area contributed by atoms with Crippen molar-refractivity contribution in [3.63, 3.8) is 0 Å². The average Bonchev–Trinajstić information content (AvgIpc) is 3.06. The van der Waals surface area contributed by atoms with Gasteiger partial charge in [0.2, 0.25) is 0 Å². The fraction of sp³-hybridized carbons (Fsp3) is 1.00. The fourth-order valence-corrected chi connectivity index (χ4v) is 2.75. The number of hydrogen-bond donors (Lipinski definition) is 1. The molecule has 14 heavy (non-hydrogen) atoms. The van der Waals surface area contributed by atoms with E-state index >= 15 is 0 Å². The molecule has 2 aliphatic carbocycles. The van der Waals surface area contributed by atoms with Gasteiger partial charge in [-0.3, -0.25) is 0 Å². The molecule has 0 aromatic rings. The summed E-state index contributed by atoms with van der Waals surface area (Å²) in [5.74, 6) is 1.86. The van der Waals surface area contributed by atoms with Crippen LogP contribution in [0.2, 0.25) is 0 Å². The van der Waals surface area contributed by atoms with Crippen LogP contribution in [0.15, 0.2) is 0 Å². The van der Waals surface area contributed by atoms with Gasteiger partial charge in [0.25, 0.3) is 0 Å². The van der Waals surface area contributed by atoms with Crippen LogP contribution < -0.4 is 5.32 Å². The molecule has 3 unspecified atom stereocenters. The second-order valence-corrected chi connectivity index (χ2v) is 5.36. The molecule has 2 heteroatoms. The SMILES string of the molecule is CC(NC1CCOC1C1CC1)C1CC1. The van der Waals surface area contributed by atoms with Gasteiger partial charge in [-0.25, -0.2) is 0 Å². The summed E-state index contributed by atoms with van der Waals surface area (Å²) in [4.78, 5) is 0. The van der Waals surface area contributed by atoms with E-state index in [2.05, 4.69) is 12.2 Å². The first-order valence-corrected chi connectivity index (χ1v) is 6.22. The summed E-state index contributed by atoms with van der Waals surface area (Å²) in [6, 6.07) is 1.39. The second kappa shape index (κ2) is 3.49. The molecule has 2 saturated carbocycles. The van der Waals surface area contributed by atoms with Crippen molar-refractivity contribution in [2.24, 2.45) is 11.8 Å². The lowest BCUT2D eigenvalue weighted by atomic mass is 10.0. The molecule has 1 saturated heterocycles. The van der Waals surface area contributed by atoms with E-state index in [1.165, 1.54) is 32.1 Å². The molecule has 0 aromatic heterocycles. The number of ether oxygens (including phenoxy) is 1. The van der Waals surface area contributed by atoms with Crippen molar-refractivity contribution < 1.29 is 4.74 Å². The van der Waals surface area contributed by atoms with Crippen LogP contribution in [0, 0.1) is 11.8 Å². The van der Waals surface area contributed by atoms with E-state index in [9.17, 15) is 0 Å². The van der Waals surface area contributed by atoms with E-state index in [0.717, 1.165) is 24.5 Å². The lowest BCUT2D eigenvalue weighted by Crippen LogP contribution is -2.43. The van der Waals surface area contributed by atoms with Crippen molar-refractivity contribution in [3.05, 3.63) is 0 Å². The maximum Gasteiger partial charge on any atom is 0.0757 e. The molecule has 1 aliphatic heterocycles. The Bertz CT molecular complexity index is 210. The van der Waals surface area contributed by atoms with E-state index in [0.29, 0.717) is 12.1 Å². The van der Waals surface area contributed by atoms with Crippen LogP contribution in [-0.4, -0.2) is 24.8 Å². The molecule has 2 nitrogen and oxygen atoms in total. The van der Waals surface area contributed by atoms with Gasteiger partial charge in [0.15, 0.2) is 0 Å². The molecule has 1 heterocycles. The molecule has 0 amide bonds. The normalized spacial score (nSPS) is 40.1. The zero-order valence-electron chi connectivity index (χ0n) is 9.04. The number of nitrogens with one attached hydrogen (secondary N) is 1. The molecule has 80 valence electrons. The topological polar surface area (TPSA) is 21.3 Å². The maximum atomic E-state index is 5.83. The average molecular weight is 195 g/mol. The summed E-state index contributed by atoms with van der Waals surface area (Å²) in [7, 11) is 0. The van der Waals surface area contributed by atoms with E-state index in [4.69, 9.17) is 4.74 Å². The van der Waals surface area contributed by atoms with E-state index in [1.54, 1.807) is 0 Å². The number of rotatable bonds is 4. The highest BCUT2D eigenvalue weighted by Gasteiger charge is 2.42. The van der Waals surface area contributed by atoms with Crippen LogP contribution in [0.5, 0.6) is 0 Å². The zero-order valence-corrected chi connectivity index (χ0v) is 9.04. The fourth-order valence-electron chi connectivity index (χ4n) is 2.75. The monoisotopic (exact) mass is 195 g/mol. The predicted molar refractivity (Wildman–Crippen MR) is 56.2 cm³/mol. The molecule has 0 radical (unpaired) electrons. The van der Waals surface area contributed by atoms with Crippen LogP contribution >= 0.6 is 0 Å². The molecule has 3 rings (SSSR count). The van der Waals surface area contributed by atoms with Crippen molar-refractivity contribution in [1.82, 2.24) is 5.32 Å². The Kier molecular flexibility index (Phi) is 2.29. The largest absolute Gasteiger partial charge is 0.376 e. The standard InChI is InChI=1S/C12H21NO/c1-8(9-2-3-9)13-11-6-7-14-12(11)10-4-5-10/h8-13H,2-7H2,1H3. The van der Waals surface area contributed by atoms with Crippen molar-refractivity contribution in [2.75, 3.05) is 6.61 Å². The lowest BCUT2D eigenvalue weighted by molar-refractivity contribution is 0.0787. The highest BCUT2D eigenvalue weighted by Crippen LogP contribution is 2.40. The van der Waals surface area contributed by atoms with E-state index < -0.39 is 0 Å². The van der Waals surface area contributed by atoms with Gasteiger partial charge in [-0.05, 0) is 50.9 Å². The molecular formula is C12H21NO. The van der Waals surface area contributed by atoms with Gasteiger partial charge >= 0.3 is 0 Å². The Balaban J connectivity index is 1.54. The zero-order chi connectivity index (χ0) is 9.54. The highest BCUT2D eigenvalue weighted by atomic mass is 16.5. The van der Waals surface area contributed by atoms with Gasteiger partial charge < -0.3 is 10.1 Å². The summed E-state index contributed by atoms with van der Waals surface area (Å²) < 4.78 is 5.83. The number of hydrogen-bond acceptors (Lipinski definition) is 2. The summed E-state index contributed by atoms with van der Waals surface area (Å²) in [5.41, 5.74) is 0. The molecule has 1 N–H and O–H groups in total. The highest BCUT2D eigenvalue weighted by molar-refractivity contribution is 4.96. The Morgan fingerprint density at radius 3 is 2.57 bits per heavy atom. The van der Waals surface area contributed by atoms with Gasteiger partial charge in [0.1, 0.15) is 0 Å². The van der Waals surface area contributed by atoms with Crippen molar-refractivity contribution in [2.45, 2.75) is 57.2 Å².